The number of rotatable bonds is 2. The van der Waals surface area contributed by atoms with Crippen LogP contribution in [-0.4, -0.2) is 36.5 Å². The van der Waals surface area contributed by atoms with Gasteiger partial charge in [-0.3, -0.25) is 4.79 Å². The lowest BCUT2D eigenvalue weighted by Crippen LogP contribution is -2.48. The van der Waals surface area contributed by atoms with Gasteiger partial charge in [0, 0.05) is 25.2 Å². The number of esters is 1. The average molecular weight is 288 g/mol. The van der Waals surface area contributed by atoms with Crippen molar-refractivity contribution in [1.29, 1.82) is 0 Å². The van der Waals surface area contributed by atoms with Gasteiger partial charge >= 0.3 is 5.97 Å². The summed E-state index contributed by atoms with van der Waals surface area (Å²) in [6.45, 7) is 2.28. The van der Waals surface area contributed by atoms with Crippen molar-refractivity contribution in [3.63, 3.8) is 0 Å². The zero-order chi connectivity index (χ0) is 14.8. The summed E-state index contributed by atoms with van der Waals surface area (Å²) in [6.07, 6.45) is 2.58. The van der Waals surface area contributed by atoms with Gasteiger partial charge in [0.1, 0.15) is 6.04 Å². The van der Waals surface area contributed by atoms with Crippen LogP contribution in [0, 0.1) is 0 Å². The monoisotopic (exact) mass is 288 g/mol. The van der Waals surface area contributed by atoms with Crippen LogP contribution >= 0.6 is 0 Å². The summed E-state index contributed by atoms with van der Waals surface area (Å²) in [7, 11) is 1.38. The number of hydrogen-bond acceptors (Lipinski definition) is 4. The van der Waals surface area contributed by atoms with E-state index in [0.717, 1.165) is 25.9 Å². The highest BCUT2D eigenvalue weighted by Gasteiger charge is 2.33. The van der Waals surface area contributed by atoms with Crippen LogP contribution in [0.1, 0.15) is 40.7 Å². The SMILES string of the molecule is COC(=O)C1CCCCN1C(=O)c1ccc2c(c1)CNC2. The molecule has 1 aromatic carbocycles. The number of methoxy groups -OCH3 is 1. The predicted octanol–water partition coefficient (Wildman–Crippen LogP) is 1.46. The zero-order valence-corrected chi connectivity index (χ0v) is 12.2. The highest BCUT2D eigenvalue weighted by molar-refractivity contribution is 5.97. The summed E-state index contributed by atoms with van der Waals surface area (Å²) in [5, 5.41) is 3.27. The Bertz CT molecular complexity index is 571. The van der Waals surface area contributed by atoms with E-state index in [1.807, 2.05) is 18.2 Å². The lowest BCUT2D eigenvalue weighted by molar-refractivity contribution is -0.147. The summed E-state index contributed by atoms with van der Waals surface area (Å²) in [5.41, 5.74) is 3.08. The summed E-state index contributed by atoms with van der Waals surface area (Å²) in [4.78, 5) is 26.3. The Morgan fingerprint density at radius 1 is 1.24 bits per heavy atom. The van der Waals surface area contributed by atoms with Crippen molar-refractivity contribution in [3.05, 3.63) is 34.9 Å². The van der Waals surface area contributed by atoms with Crippen molar-refractivity contribution in [2.45, 2.75) is 38.4 Å². The molecule has 5 nitrogen and oxygen atoms in total. The summed E-state index contributed by atoms with van der Waals surface area (Å²) in [5.74, 6) is -0.384. The second kappa shape index (κ2) is 5.85. The first-order valence-electron chi connectivity index (χ1n) is 7.42. The molecule has 0 saturated carbocycles. The van der Waals surface area contributed by atoms with E-state index >= 15 is 0 Å². The highest BCUT2D eigenvalue weighted by Crippen LogP contribution is 2.23. The molecule has 1 aromatic rings. The molecule has 0 aromatic heterocycles. The van der Waals surface area contributed by atoms with Gasteiger partial charge in [-0.05, 0) is 42.5 Å². The number of benzene rings is 1. The third kappa shape index (κ3) is 2.65. The molecule has 5 heteroatoms. The third-order valence-corrected chi connectivity index (χ3v) is 4.32. The summed E-state index contributed by atoms with van der Waals surface area (Å²) >= 11 is 0. The Morgan fingerprint density at radius 2 is 2.05 bits per heavy atom. The first-order valence-corrected chi connectivity index (χ1v) is 7.42. The number of fused-ring (bicyclic) bond motifs is 1. The van der Waals surface area contributed by atoms with Crippen LogP contribution in [0.25, 0.3) is 0 Å². The highest BCUT2D eigenvalue weighted by atomic mass is 16.5. The fraction of sp³-hybridized carbons (Fsp3) is 0.500. The van der Waals surface area contributed by atoms with Crippen molar-refractivity contribution >= 4 is 11.9 Å². The molecule has 21 heavy (non-hydrogen) atoms. The van der Waals surface area contributed by atoms with Crippen LogP contribution in [0.2, 0.25) is 0 Å². The van der Waals surface area contributed by atoms with E-state index in [2.05, 4.69) is 5.32 Å². The zero-order valence-electron chi connectivity index (χ0n) is 12.2. The lowest BCUT2D eigenvalue weighted by Gasteiger charge is -2.33. The number of nitrogens with one attached hydrogen (secondary N) is 1. The Hall–Kier alpha value is -1.88. The van der Waals surface area contributed by atoms with Gasteiger partial charge in [-0.25, -0.2) is 4.79 Å². The fourth-order valence-electron chi connectivity index (χ4n) is 3.15. The Balaban J connectivity index is 1.84. The Labute approximate surface area is 124 Å². The number of likely N-dealkylation sites (tertiary alicyclic amines) is 1. The normalized spacial score (nSPS) is 21.0. The number of amides is 1. The van der Waals surface area contributed by atoms with Crippen LogP contribution in [0.4, 0.5) is 0 Å². The molecule has 1 amide bonds. The quantitative estimate of drug-likeness (QED) is 0.837. The molecule has 0 bridgehead atoms. The first kappa shape index (κ1) is 14.1. The van der Waals surface area contributed by atoms with E-state index in [9.17, 15) is 9.59 Å². The number of nitrogens with zero attached hydrogens (tertiary/aromatic N) is 1. The van der Waals surface area contributed by atoms with E-state index < -0.39 is 6.04 Å². The van der Waals surface area contributed by atoms with E-state index in [1.165, 1.54) is 18.2 Å². The smallest absolute Gasteiger partial charge is 0.328 e. The molecule has 1 atom stereocenters. The van der Waals surface area contributed by atoms with E-state index in [4.69, 9.17) is 4.74 Å². The predicted molar refractivity (Wildman–Crippen MR) is 77.7 cm³/mol. The van der Waals surface area contributed by atoms with Crippen LogP contribution in [-0.2, 0) is 22.6 Å². The van der Waals surface area contributed by atoms with Crippen molar-refractivity contribution in [2.75, 3.05) is 13.7 Å². The molecule has 0 radical (unpaired) electrons. The molecule has 1 unspecified atom stereocenters. The maximum atomic E-state index is 12.7. The summed E-state index contributed by atoms with van der Waals surface area (Å²) < 4.78 is 4.84. The number of carbonyl (C=O) groups is 2. The van der Waals surface area contributed by atoms with Crippen LogP contribution in [0.3, 0.4) is 0 Å². The average Bonchev–Trinajstić information content (AvgIpc) is 3.01. The molecule has 2 aliphatic heterocycles. The molecular weight excluding hydrogens is 268 g/mol. The fourth-order valence-corrected chi connectivity index (χ4v) is 3.15. The van der Waals surface area contributed by atoms with E-state index in [0.29, 0.717) is 18.5 Å². The number of piperidine rings is 1. The Morgan fingerprint density at radius 3 is 2.86 bits per heavy atom. The second-order valence-electron chi connectivity index (χ2n) is 5.62. The third-order valence-electron chi connectivity index (χ3n) is 4.32. The Kier molecular flexibility index (Phi) is 3.92. The largest absolute Gasteiger partial charge is 0.467 e. The molecule has 2 heterocycles. The molecule has 3 rings (SSSR count). The van der Waals surface area contributed by atoms with Crippen LogP contribution in [0.5, 0.6) is 0 Å². The van der Waals surface area contributed by atoms with Crippen LogP contribution in [0.15, 0.2) is 18.2 Å². The molecule has 1 fully saturated rings. The van der Waals surface area contributed by atoms with Gasteiger partial charge in [0.2, 0.25) is 0 Å². The van der Waals surface area contributed by atoms with Gasteiger partial charge in [0.15, 0.2) is 0 Å². The number of carbonyl (C=O) groups excluding carboxylic acids is 2. The van der Waals surface area contributed by atoms with Gasteiger partial charge in [0.25, 0.3) is 5.91 Å². The van der Waals surface area contributed by atoms with Gasteiger partial charge in [-0.15, -0.1) is 0 Å². The van der Waals surface area contributed by atoms with Gasteiger partial charge in [0.05, 0.1) is 7.11 Å². The molecular formula is C16H20N2O3. The van der Waals surface area contributed by atoms with Crippen molar-refractivity contribution in [2.24, 2.45) is 0 Å². The minimum absolute atomic E-state index is 0.0696. The molecule has 2 aliphatic rings. The van der Waals surface area contributed by atoms with E-state index in [1.54, 1.807) is 4.90 Å². The minimum atomic E-state index is -0.442. The number of ether oxygens (including phenoxy) is 1. The van der Waals surface area contributed by atoms with Gasteiger partial charge in [-0.1, -0.05) is 6.07 Å². The maximum absolute atomic E-state index is 12.7. The standard InChI is InChI=1S/C16H20N2O3/c1-21-16(20)14-4-2-3-7-18(14)15(19)11-5-6-12-9-17-10-13(12)8-11/h5-6,8,14,17H,2-4,7,9-10H2,1H3. The first-order chi connectivity index (χ1) is 10.2. The summed E-state index contributed by atoms with van der Waals surface area (Å²) in [6, 6.07) is 5.36. The van der Waals surface area contributed by atoms with E-state index in [-0.39, 0.29) is 11.9 Å². The van der Waals surface area contributed by atoms with Crippen molar-refractivity contribution in [3.8, 4) is 0 Å². The van der Waals surface area contributed by atoms with Crippen LogP contribution < -0.4 is 5.32 Å². The molecule has 1 saturated heterocycles. The lowest BCUT2D eigenvalue weighted by atomic mass is 9.99. The molecule has 1 N–H and O–H groups in total. The molecule has 0 spiro atoms. The minimum Gasteiger partial charge on any atom is -0.467 e. The molecule has 0 aliphatic carbocycles. The van der Waals surface area contributed by atoms with Gasteiger partial charge < -0.3 is 15.0 Å². The number of hydrogen-bond donors (Lipinski definition) is 1. The second-order valence-corrected chi connectivity index (χ2v) is 5.62. The van der Waals surface area contributed by atoms with Crippen molar-refractivity contribution in [1.82, 2.24) is 10.2 Å². The van der Waals surface area contributed by atoms with Gasteiger partial charge in [-0.2, -0.15) is 0 Å². The maximum Gasteiger partial charge on any atom is 0.328 e. The topological polar surface area (TPSA) is 58.6 Å². The van der Waals surface area contributed by atoms with Crippen molar-refractivity contribution < 1.29 is 14.3 Å². The molecule has 112 valence electrons.